The van der Waals surface area contributed by atoms with Crippen LogP contribution in [0.3, 0.4) is 0 Å². The lowest BCUT2D eigenvalue weighted by Crippen LogP contribution is -2.25. The molecule has 1 aromatic rings. The molecule has 2 amide bonds. The van der Waals surface area contributed by atoms with Crippen LogP contribution in [-0.2, 0) is 14.3 Å². The molecule has 112 valence electrons. The Kier molecular flexibility index (Phi) is 3.88. The average Bonchev–Trinajstić information content (AvgIpc) is 3.12. The Morgan fingerprint density at radius 2 is 2.29 bits per heavy atom. The van der Waals surface area contributed by atoms with E-state index in [-0.39, 0.29) is 23.4 Å². The molecule has 1 aromatic carbocycles. The summed E-state index contributed by atoms with van der Waals surface area (Å²) in [6.45, 7) is 1.56. The van der Waals surface area contributed by atoms with Gasteiger partial charge in [-0.1, -0.05) is 0 Å². The average molecular weight is 292 g/mol. The molecule has 21 heavy (non-hydrogen) atoms. The third kappa shape index (κ3) is 2.90. The van der Waals surface area contributed by atoms with Gasteiger partial charge in [0.25, 0.3) is 0 Å². The summed E-state index contributed by atoms with van der Waals surface area (Å²) in [6, 6.07) is 4.36. The second-order valence-corrected chi connectivity index (χ2v) is 5.36. The van der Waals surface area contributed by atoms with Crippen molar-refractivity contribution in [1.29, 1.82) is 0 Å². The highest BCUT2D eigenvalue weighted by atomic mass is 19.1. The molecule has 2 aliphatic rings. The fourth-order valence-electron chi connectivity index (χ4n) is 2.67. The lowest BCUT2D eigenvalue weighted by molar-refractivity contribution is -0.120. The van der Waals surface area contributed by atoms with Crippen molar-refractivity contribution in [2.24, 2.45) is 5.92 Å². The van der Waals surface area contributed by atoms with Crippen LogP contribution in [-0.4, -0.2) is 31.6 Å². The molecule has 2 saturated heterocycles. The Morgan fingerprint density at radius 3 is 2.95 bits per heavy atom. The molecule has 2 fully saturated rings. The number of anilines is 2. The summed E-state index contributed by atoms with van der Waals surface area (Å²) in [5.74, 6) is -0.946. The number of nitrogens with one attached hydrogen (secondary N) is 1. The number of hydrogen-bond donors (Lipinski definition) is 1. The highest BCUT2D eigenvalue weighted by Crippen LogP contribution is 2.27. The Bertz CT molecular complexity index is 570. The predicted octanol–water partition coefficient (Wildman–Crippen LogP) is 1.93. The van der Waals surface area contributed by atoms with Crippen molar-refractivity contribution in [3.63, 3.8) is 0 Å². The van der Waals surface area contributed by atoms with Gasteiger partial charge in [0.15, 0.2) is 0 Å². The van der Waals surface area contributed by atoms with Crippen molar-refractivity contribution in [2.75, 3.05) is 30.0 Å². The van der Waals surface area contributed by atoms with Gasteiger partial charge in [0, 0.05) is 25.3 Å². The smallest absolute Gasteiger partial charge is 0.229 e. The van der Waals surface area contributed by atoms with Crippen LogP contribution in [0, 0.1) is 11.7 Å². The minimum atomic E-state index is -0.502. The molecule has 2 aliphatic heterocycles. The number of amides is 2. The number of hydrogen-bond acceptors (Lipinski definition) is 3. The zero-order valence-electron chi connectivity index (χ0n) is 11.6. The van der Waals surface area contributed by atoms with E-state index in [1.54, 1.807) is 11.0 Å². The quantitative estimate of drug-likeness (QED) is 0.926. The van der Waals surface area contributed by atoms with Crippen molar-refractivity contribution >= 4 is 23.2 Å². The molecular formula is C15H17FN2O3. The largest absolute Gasteiger partial charge is 0.381 e. The molecular weight excluding hydrogens is 275 g/mol. The highest BCUT2D eigenvalue weighted by molar-refractivity contribution is 5.97. The molecule has 0 aliphatic carbocycles. The van der Waals surface area contributed by atoms with Crippen LogP contribution in [0.15, 0.2) is 18.2 Å². The minimum absolute atomic E-state index is 0.0306. The van der Waals surface area contributed by atoms with Gasteiger partial charge in [-0.05, 0) is 31.0 Å². The fraction of sp³-hybridized carbons (Fsp3) is 0.467. The zero-order chi connectivity index (χ0) is 14.8. The SMILES string of the molecule is O=C(Nc1cc(N2CCCC2=O)ccc1F)[C@H]1CCOC1. The topological polar surface area (TPSA) is 58.6 Å². The summed E-state index contributed by atoms with van der Waals surface area (Å²) >= 11 is 0. The molecule has 1 atom stereocenters. The standard InChI is InChI=1S/C15H17FN2O3/c16-12-4-3-11(18-6-1-2-14(18)19)8-13(12)17-15(20)10-5-7-21-9-10/h3-4,8,10H,1-2,5-7,9H2,(H,17,20)/t10-/m0/s1. The van der Waals surface area contributed by atoms with Crippen LogP contribution in [0.25, 0.3) is 0 Å². The second kappa shape index (κ2) is 5.81. The minimum Gasteiger partial charge on any atom is -0.381 e. The third-order valence-corrected chi connectivity index (χ3v) is 3.89. The van der Waals surface area contributed by atoms with Crippen molar-refractivity contribution in [3.05, 3.63) is 24.0 Å². The van der Waals surface area contributed by atoms with Crippen LogP contribution in [0.2, 0.25) is 0 Å². The van der Waals surface area contributed by atoms with Gasteiger partial charge in [-0.3, -0.25) is 9.59 Å². The van der Waals surface area contributed by atoms with E-state index < -0.39 is 5.82 Å². The number of ether oxygens (including phenoxy) is 1. The van der Waals surface area contributed by atoms with E-state index in [9.17, 15) is 14.0 Å². The van der Waals surface area contributed by atoms with Gasteiger partial charge in [0.2, 0.25) is 11.8 Å². The zero-order valence-corrected chi connectivity index (χ0v) is 11.6. The van der Waals surface area contributed by atoms with Gasteiger partial charge in [-0.25, -0.2) is 4.39 Å². The molecule has 1 N–H and O–H groups in total. The Labute approximate surface area is 122 Å². The highest BCUT2D eigenvalue weighted by Gasteiger charge is 2.26. The van der Waals surface area contributed by atoms with Gasteiger partial charge >= 0.3 is 0 Å². The molecule has 2 heterocycles. The maximum Gasteiger partial charge on any atom is 0.229 e. The van der Waals surface area contributed by atoms with Gasteiger partial charge in [-0.15, -0.1) is 0 Å². The van der Waals surface area contributed by atoms with Crippen LogP contribution in [0.5, 0.6) is 0 Å². The summed E-state index contributed by atoms with van der Waals surface area (Å²) in [6.07, 6.45) is 1.97. The molecule has 0 aromatic heterocycles. The van der Waals surface area contributed by atoms with Crippen LogP contribution in [0.1, 0.15) is 19.3 Å². The first-order valence-electron chi connectivity index (χ1n) is 7.13. The molecule has 0 radical (unpaired) electrons. The molecule has 0 unspecified atom stereocenters. The van der Waals surface area contributed by atoms with E-state index in [2.05, 4.69) is 5.32 Å². The van der Waals surface area contributed by atoms with Crippen molar-refractivity contribution < 1.29 is 18.7 Å². The molecule has 5 nitrogen and oxygen atoms in total. The number of nitrogens with zero attached hydrogens (tertiary/aromatic N) is 1. The number of halogens is 1. The maximum absolute atomic E-state index is 13.9. The fourth-order valence-corrected chi connectivity index (χ4v) is 2.67. The lowest BCUT2D eigenvalue weighted by Gasteiger charge is -2.18. The predicted molar refractivity (Wildman–Crippen MR) is 75.5 cm³/mol. The monoisotopic (exact) mass is 292 g/mol. The van der Waals surface area contributed by atoms with E-state index in [0.717, 1.165) is 6.42 Å². The number of rotatable bonds is 3. The first kappa shape index (κ1) is 14.0. The van der Waals surface area contributed by atoms with Crippen LogP contribution >= 0.6 is 0 Å². The van der Waals surface area contributed by atoms with Gasteiger partial charge in [0.1, 0.15) is 5.82 Å². The number of benzene rings is 1. The normalized spacial score (nSPS) is 21.9. The Morgan fingerprint density at radius 1 is 1.43 bits per heavy atom. The summed E-state index contributed by atoms with van der Waals surface area (Å²) in [5.41, 5.74) is 0.737. The van der Waals surface area contributed by atoms with E-state index in [1.807, 2.05) is 0 Å². The Balaban J connectivity index is 1.77. The van der Waals surface area contributed by atoms with E-state index in [4.69, 9.17) is 4.74 Å². The first-order chi connectivity index (χ1) is 10.1. The second-order valence-electron chi connectivity index (χ2n) is 5.36. The third-order valence-electron chi connectivity index (χ3n) is 3.89. The lowest BCUT2D eigenvalue weighted by atomic mass is 10.1. The van der Waals surface area contributed by atoms with Crippen molar-refractivity contribution in [2.45, 2.75) is 19.3 Å². The van der Waals surface area contributed by atoms with Crippen molar-refractivity contribution in [1.82, 2.24) is 0 Å². The van der Waals surface area contributed by atoms with E-state index in [1.165, 1.54) is 12.1 Å². The molecule has 0 bridgehead atoms. The summed E-state index contributed by atoms with van der Waals surface area (Å²) < 4.78 is 19.0. The summed E-state index contributed by atoms with van der Waals surface area (Å²) in [7, 11) is 0. The van der Waals surface area contributed by atoms with Gasteiger partial charge < -0.3 is 15.0 Å². The van der Waals surface area contributed by atoms with E-state index in [0.29, 0.717) is 38.3 Å². The van der Waals surface area contributed by atoms with E-state index >= 15 is 0 Å². The van der Waals surface area contributed by atoms with Crippen molar-refractivity contribution in [3.8, 4) is 0 Å². The Hall–Kier alpha value is -1.95. The molecule has 0 spiro atoms. The maximum atomic E-state index is 13.9. The first-order valence-corrected chi connectivity index (χ1v) is 7.13. The number of carbonyl (C=O) groups excluding carboxylic acids is 2. The molecule has 3 rings (SSSR count). The summed E-state index contributed by atoms with van der Waals surface area (Å²) in [4.78, 5) is 25.4. The van der Waals surface area contributed by atoms with Crippen LogP contribution in [0.4, 0.5) is 15.8 Å². The molecule has 6 heteroatoms. The molecule has 0 saturated carbocycles. The number of carbonyl (C=O) groups is 2. The van der Waals surface area contributed by atoms with Gasteiger partial charge in [-0.2, -0.15) is 0 Å². The summed E-state index contributed by atoms with van der Waals surface area (Å²) in [5, 5.41) is 2.60. The van der Waals surface area contributed by atoms with Crippen LogP contribution < -0.4 is 10.2 Å². The van der Waals surface area contributed by atoms with Gasteiger partial charge in [0.05, 0.1) is 18.2 Å².